The normalized spacial score (nSPS) is 27.5. The second kappa shape index (κ2) is 5.66. The quantitative estimate of drug-likeness (QED) is 0.780. The molecule has 1 saturated carbocycles. The van der Waals surface area contributed by atoms with Crippen molar-refractivity contribution in [2.45, 2.75) is 38.5 Å². The van der Waals surface area contributed by atoms with Crippen LogP contribution in [0.5, 0.6) is 0 Å². The van der Waals surface area contributed by atoms with Gasteiger partial charge in [-0.2, -0.15) is 0 Å². The molecule has 0 spiro atoms. The third-order valence-electron chi connectivity index (χ3n) is 3.66. The fourth-order valence-electron chi connectivity index (χ4n) is 2.73. The summed E-state index contributed by atoms with van der Waals surface area (Å²) in [5.74, 6) is 1.62. The van der Waals surface area contributed by atoms with E-state index in [1.165, 1.54) is 38.5 Å². The van der Waals surface area contributed by atoms with E-state index in [0.29, 0.717) is 0 Å². The maximum absolute atomic E-state index is 5.90. The van der Waals surface area contributed by atoms with Crippen molar-refractivity contribution in [3.05, 3.63) is 22.4 Å². The largest absolute Gasteiger partial charge is 0.330 e. The molecule has 0 bridgehead atoms. The SMILES string of the molecule is NCC1CCCCCC1Cc1cccs1. The van der Waals surface area contributed by atoms with Gasteiger partial charge >= 0.3 is 0 Å². The highest BCUT2D eigenvalue weighted by atomic mass is 32.1. The molecule has 2 N–H and O–H groups in total. The van der Waals surface area contributed by atoms with Gasteiger partial charge in [0.15, 0.2) is 0 Å². The van der Waals surface area contributed by atoms with Crippen LogP contribution in [0.15, 0.2) is 17.5 Å². The van der Waals surface area contributed by atoms with Crippen molar-refractivity contribution in [3.8, 4) is 0 Å². The molecule has 1 heterocycles. The molecule has 1 aromatic heterocycles. The Hall–Kier alpha value is -0.340. The minimum Gasteiger partial charge on any atom is -0.330 e. The Kier molecular flexibility index (Phi) is 4.21. The lowest BCUT2D eigenvalue weighted by Crippen LogP contribution is -2.23. The van der Waals surface area contributed by atoms with Crippen LogP contribution in [-0.2, 0) is 6.42 Å². The van der Waals surface area contributed by atoms with Gasteiger partial charge in [0, 0.05) is 4.88 Å². The minimum absolute atomic E-state index is 0.773. The van der Waals surface area contributed by atoms with Crippen LogP contribution < -0.4 is 5.73 Å². The first kappa shape index (κ1) is 11.2. The van der Waals surface area contributed by atoms with Crippen molar-refractivity contribution in [2.75, 3.05) is 6.54 Å². The van der Waals surface area contributed by atoms with E-state index in [1.54, 1.807) is 4.88 Å². The lowest BCUT2D eigenvalue weighted by molar-refractivity contribution is 0.320. The Morgan fingerprint density at radius 2 is 2.00 bits per heavy atom. The van der Waals surface area contributed by atoms with E-state index in [1.807, 2.05) is 11.3 Å². The molecule has 1 aliphatic carbocycles. The van der Waals surface area contributed by atoms with Crippen LogP contribution in [0.1, 0.15) is 37.0 Å². The standard InChI is InChI=1S/C13H21NS/c14-10-12-6-3-1-2-5-11(12)9-13-7-4-8-15-13/h4,7-8,11-12H,1-3,5-6,9-10,14H2. The Labute approximate surface area is 96.7 Å². The maximum atomic E-state index is 5.90. The molecular formula is C13H21NS. The lowest BCUT2D eigenvalue weighted by atomic mass is 9.85. The van der Waals surface area contributed by atoms with Gasteiger partial charge in [0.05, 0.1) is 0 Å². The van der Waals surface area contributed by atoms with Gasteiger partial charge in [-0.25, -0.2) is 0 Å². The summed E-state index contributed by atoms with van der Waals surface area (Å²) < 4.78 is 0. The Bertz CT molecular complexity index is 268. The van der Waals surface area contributed by atoms with Crippen molar-refractivity contribution >= 4 is 11.3 Å². The summed E-state index contributed by atoms with van der Waals surface area (Å²) in [6.07, 6.45) is 8.22. The van der Waals surface area contributed by atoms with E-state index < -0.39 is 0 Å². The second-order valence-electron chi connectivity index (χ2n) is 4.68. The molecule has 2 heteroatoms. The number of hydrogen-bond donors (Lipinski definition) is 1. The molecule has 0 aliphatic heterocycles. The number of thiophene rings is 1. The fraction of sp³-hybridized carbons (Fsp3) is 0.692. The van der Waals surface area contributed by atoms with Crippen LogP contribution in [0.2, 0.25) is 0 Å². The molecule has 2 atom stereocenters. The molecule has 2 rings (SSSR count). The topological polar surface area (TPSA) is 26.0 Å². The van der Waals surface area contributed by atoms with Crippen LogP contribution >= 0.6 is 11.3 Å². The molecule has 0 saturated heterocycles. The molecule has 15 heavy (non-hydrogen) atoms. The summed E-state index contributed by atoms with van der Waals surface area (Å²) >= 11 is 1.90. The average Bonchev–Trinajstić information content (AvgIpc) is 2.64. The van der Waals surface area contributed by atoms with Crippen LogP contribution in [0, 0.1) is 11.8 Å². The zero-order valence-corrected chi connectivity index (χ0v) is 10.1. The van der Waals surface area contributed by atoms with Gasteiger partial charge in [0.25, 0.3) is 0 Å². The van der Waals surface area contributed by atoms with Gasteiger partial charge in [0.2, 0.25) is 0 Å². The zero-order valence-electron chi connectivity index (χ0n) is 9.32. The molecule has 1 fully saturated rings. The van der Waals surface area contributed by atoms with Crippen molar-refractivity contribution in [1.82, 2.24) is 0 Å². The van der Waals surface area contributed by atoms with E-state index in [4.69, 9.17) is 5.73 Å². The summed E-state index contributed by atoms with van der Waals surface area (Å²) in [5.41, 5.74) is 5.90. The van der Waals surface area contributed by atoms with Crippen LogP contribution in [0.25, 0.3) is 0 Å². The van der Waals surface area contributed by atoms with Gasteiger partial charge in [0.1, 0.15) is 0 Å². The summed E-state index contributed by atoms with van der Waals surface area (Å²) in [4.78, 5) is 1.54. The second-order valence-corrected chi connectivity index (χ2v) is 5.71. The van der Waals surface area contributed by atoms with Crippen molar-refractivity contribution in [2.24, 2.45) is 17.6 Å². The molecule has 2 unspecified atom stereocenters. The molecule has 84 valence electrons. The molecule has 1 aromatic rings. The van der Waals surface area contributed by atoms with E-state index >= 15 is 0 Å². The number of rotatable bonds is 3. The lowest BCUT2D eigenvalue weighted by Gasteiger charge is -2.23. The van der Waals surface area contributed by atoms with E-state index in [0.717, 1.165) is 18.4 Å². The molecule has 0 amide bonds. The van der Waals surface area contributed by atoms with E-state index in [9.17, 15) is 0 Å². The monoisotopic (exact) mass is 223 g/mol. The summed E-state index contributed by atoms with van der Waals surface area (Å²) in [6.45, 7) is 0.885. The highest BCUT2D eigenvalue weighted by Gasteiger charge is 2.22. The Morgan fingerprint density at radius 3 is 2.67 bits per heavy atom. The van der Waals surface area contributed by atoms with Crippen LogP contribution in [0.3, 0.4) is 0 Å². The van der Waals surface area contributed by atoms with Crippen LogP contribution in [0.4, 0.5) is 0 Å². The van der Waals surface area contributed by atoms with Crippen molar-refractivity contribution in [3.63, 3.8) is 0 Å². The fourth-order valence-corrected chi connectivity index (χ4v) is 3.53. The van der Waals surface area contributed by atoms with Gasteiger partial charge in [-0.1, -0.05) is 25.3 Å². The number of nitrogens with two attached hydrogens (primary N) is 1. The van der Waals surface area contributed by atoms with Gasteiger partial charge in [-0.15, -0.1) is 11.3 Å². The first-order valence-corrected chi connectivity index (χ1v) is 7.00. The van der Waals surface area contributed by atoms with Gasteiger partial charge in [-0.3, -0.25) is 0 Å². The predicted octanol–water partition coefficient (Wildman–Crippen LogP) is 3.45. The zero-order chi connectivity index (χ0) is 10.5. The molecule has 1 nitrogen and oxygen atoms in total. The summed E-state index contributed by atoms with van der Waals surface area (Å²) in [7, 11) is 0. The Morgan fingerprint density at radius 1 is 1.20 bits per heavy atom. The van der Waals surface area contributed by atoms with E-state index in [-0.39, 0.29) is 0 Å². The maximum Gasteiger partial charge on any atom is 0.00480 e. The van der Waals surface area contributed by atoms with Crippen molar-refractivity contribution in [1.29, 1.82) is 0 Å². The molecule has 0 radical (unpaired) electrons. The summed E-state index contributed by atoms with van der Waals surface area (Å²) in [5, 5.41) is 2.18. The van der Waals surface area contributed by atoms with Crippen LogP contribution in [-0.4, -0.2) is 6.54 Å². The summed E-state index contributed by atoms with van der Waals surface area (Å²) in [6, 6.07) is 4.43. The molecular weight excluding hydrogens is 202 g/mol. The third-order valence-corrected chi connectivity index (χ3v) is 4.56. The Balaban J connectivity index is 1.97. The minimum atomic E-state index is 0.773. The highest BCUT2D eigenvalue weighted by Crippen LogP contribution is 2.31. The first-order valence-electron chi connectivity index (χ1n) is 6.12. The van der Waals surface area contributed by atoms with Gasteiger partial charge < -0.3 is 5.73 Å². The molecule has 0 aromatic carbocycles. The van der Waals surface area contributed by atoms with E-state index in [2.05, 4.69) is 17.5 Å². The average molecular weight is 223 g/mol. The first-order chi connectivity index (χ1) is 7.40. The smallest absolute Gasteiger partial charge is 0.00480 e. The van der Waals surface area contributed by atoms with Gasteiger partial charge in [-0.05, 0) is 49.1 Å². The third kappa shape index (κ3) is 3.05. The van der Waals surface area contributed by atoms with Crippen molar-refractivity contribution < 1.29 is 0 Å². The number of hydrogen-bond acceptors (Lipinski definition) is 2. The molecule has 1 aliphatic rings. The predicted molar refractivity (Wildman–Crippen MR) is 67.1 cm³/mol. The highest BCUT2D eigenvalue weighted by molar-refractivity contribution is 7.09.